The molecule has 2 N–H and O–H groups in total. The minimum absolute atomic E-state index is 0.0383. The van der Waals surface area contributed by atoms with Gasteiger partial charge in [0.15, 0.2) is 0 Å². The summed E-state index contributed by atoms with van der Waals surface area (Å²) in [4.78, 5) is 25.1. The Labute approximate surface area is 109 Å². The SMILES string of the molecule is CCOc1cccc(-c2cc(C(=O)O)c[nH]c2=O)c1. The third-order valence-corrected chi connectivity index (χ3v) is 2.61. The predicted octanol–water partition coefficient (Wildman–Crippen LogP) is 2.14. The maximum absolute atomic E-state index is 11.8. The Morgan fingerprint density at radius 3 is 2.84 bits per heavy atom. The summed E-state index contributed by atoms with van der Waals surface area (Å²) in [5.74, 6) is -0.446. The number of carbonyl (C=O) groups is 1. The van der Waals surface area contributed by atoms with Gasteiger partial charge in [0.05, 0.1) is 12.2 Å². The highest BCUT2D eigenvalue weighted by atomic mass is 16.5. The minimum Gasteiger partial charge on any atom is -0.494 e. The summed E-state index contributed by atoms with van der Waals surface area (Å²) in [6.07, 6.45) is 1.18. The normalized spacial score (nSPS) is 10.2. The largest absolute Gasteiger partial charge is 0.494 e. The molecule has 5 nitrogen and oxygen atoms in total. The second-order valence-corrected chi connectivity index (χ2v) is 3.90. The van der Waals surface area contributed by atoms with Crippen molar-refractivity contribution in [2.45, 2.75) is 6.92 Å². The molecule has 0 saturated carbocycles. The molecule has 2 aromatic rings. The molecule has 0 spiro atoms. The van der Waals surface area contributed by atoms with Gasteiger partial charge in [-0.3, -0.25) is 4.79 Å². The van der Waals surface area contributed by atoms with E-state index in [1.165, 1.54) is 12.3 Å². The summed E-state index contributed by atoms with van der Waals surface area (Å²) in [6, 6.07) is 8.33. The molecule has 0 bridgehead atoms. The van der Waals surface area contributed by atoms with E-state index >= 15 is 0 Å². The maximum Gasteiger partial charge on any atom is 0.337 e. The lowest BCUT2D eigenvalue weighted by atomic mass is 10.1. The van der Waals surface area contributed by atoms with Crippen molar-refractivity contribution in [2.75, 3.05) is 6.61 Å². The lowest BCUT2D eigenvalue weighted by Gasteiger charge is -2.06. The van der Waals surface area contributed by atoms with Gasteiger partial charge in [-0.15, -0.1) is 0 Å². The van der Waals surface area contributed by atoms with Gasteiger partial charge in [0.25, 0.3) is 5.56 Å². The van der Waals surface area contributed by atoms with Crippen molar-refractivity contribution in [3.8, 4) is 16.9 Å². The highest BCUT2D eigenvalue weighted by Crippen LogP contribution is 2.21. The lowest BCUT2D eigenvalue weighted by Crippen LogP contribution is -2.11. The zero-order chi connectivity index (χ0) is 13.8. The second-order valence-electron chi connectivity index (χ2n) is 3.90. The first-order valence-corrected chi connectivity index (χ1v) is 5.81. The summed E-state index contributed by atoms with van der Waals surface area (Å²) in [7, 11) is 0. The smallest absolute Gasteiger partial charge is 0.337 e. The number of aromatic amines is 1. The summed E-state index contributed by atoms with van der Waals surface area (Å²) in [5.41, 5.74) is 0.631. The van der Waals surface area contributed by atoms with Gasteiger partial charge in [0, 0.05) is 11.8 Å². The molecule has 19 heavy (non-hydrogen) atoms. The number of pyridine rings is 1. The van der Waals surface area contributed by atoms with Crippen LogP contribution in [0, 0.1) is 0 Å². The Bertz CT molecular complexity index is 660. The van der Waals surface area contributed by atoms with E-state index in [4.69, 9.17) is 9.84 Å². The average Bonchev–Trinajstić information content (AvgIpc) is 2.39. The fraction of sp³-hybridized carbons (Fsp3) is 0.143. The van der Waals surface area contributed by atoms with Crippen molar-refractivity contribution in [3.05, 3.63) is 52.4 Å². The van der Waals surface area contributed by atoms with Crippen molar-refractivity contribution in [1.82, 2.24) is 4.98 Å². The molecular weight excluding hydrogens is 246 g/mol. The number of carboxylic acids is 1. The molecular formula is C14H13NO4. The van der Waals surface area contributed by atoms with Crippen molar-refractivity contribution in [2.24, 2.45) is 0 Å². The number of hydrogen-bond donors (Lipinski definition) is 2. The van der Waals surface area contributed by atoms with E-state index in [2.05, 4.69) is 4.98 Å². The third kappa shape index (κ3) is 2.82. The molecule has 0 aliphatic heterocycles. The molecule has 1 heterocycles. The minimum atomic E-state index is -1.08. The number of hydrogen-bond acceptors (Lipinski definition) is 3. The van der Waals surface area contributed by atoms with Crippen LogP contribution >= 0.6 is 0 Å². The Balaban J connectivity index is 2.51. The fourth-order valence-corrected chi connectivity index (χ4v) is 1.74. The van der Waals surface area contributed by atoms with Crippen LogP contribution in [0.5, 0.6) is 5.75 Å². The maximum atomic E-state index is 11.8. The Morgan fingerprint density at radius 1 is 1.37 bits per heavy atom. The molecule has 0 aliphatic carbocycles. The highest BCUT2D eigenvalue weighted by molar-refractivity contribution is 5.88. The monoisotopic (exact) mass is 259 g/mol. The van der Waals surface area contributed by atoms with Gasteiger partial charge >= 0.3 is 5.97 Å². The summed E-state index contributed by atoms with van der Waals surface area (Å²) in [6.45, 7) is 2.39. The number of H-pyrrole nitrogens is 1. The average molecular weight is 259 g/mol. The molecule has 2 rings (SSSR count). The fourth-order valence-electron chi connectivity index (χ4n) is 1.74. The van der Waals surface area contributed by atoms with Crippen LogP contribution in [0.1, 0.15) is 17.3 Å². The second kappa shape index (κ2) is 5.39. The Hall–Kier alpha value is -2.56. The van der Waals surface area contributed by atoms with Crippen molar-refractivity contribution >= 4 is 5.97 Å². The van der Waals surface area contributed by atoms with E-state index in [1.807, 2.05) is 6.92 Å². The van der Waals surface area contributed by atoms with E-state index in [1.54, 1.807) is 24.3 Å². The van der Waals surface area contributed by atoms with Gasteiger partial charge in [0.1, 0.15) is 5.75 Å². The molecule has 0 amide bonds. The summed E-state index contributed by atoms with van der Waals surface area (Å²) >= 11 is 0. The first-order valence-electron chi connectivity index (χ1n) is 5.81. The molecule has 0 atom stereocenters. The van der Waals surface area contributed by atoms with Gasteiger partial charge < -0.3 is 14.8 Å². The van der Waals surface area contributed by atoms with Crippen LogP contribution < -0.4 is 10.3 Å². The Kier molecular flexibility index (Phi) is 3.66. The number of aromatic carboxylic acids is 1. The first-order chi connectivity index (χ1) is 9.11. The van der Waals surface area contributed by atoms with Crippen LogP contribution in [0.15, 0.2) is 41.3 Å². The highest BCUT2D eigenvalue weighted by Gasteiger charge is 2.09. The van der Waals surface area contributed by atoms with Crippen LogP contribution in [0.2, 0.25) is 0 Å². The predicted molar refractivity (Wildman–Crippen MR) is 70.6 cm³/mol. The molecule has 5 heteroatoms. The number of benzene rings is 1. The van der Waals surface area contributed by atoms with E-state index in [9.17, 15) is 9.59 Å². The van der Waals surface area contributed by atoms with Gasteiger partial charge in [-0.05, 0) is 30.7 Å². The lowest BCUT2D eigenvalue weighted by molar-refractivity contribution is 0.0696. The third-order valence-electron chi connectivity index (χ3n) is 2.61. The van der Waals surface area contributed by atoms with Crippen molar-refractivity contribution in [3.63, 3.8) is 0 Å². The molecule has 0 radical (unpaired) electrons. The number of aromatic nitrogens is 1. The molecule has 0 unspecified atom stereocenters. The Morgan fingerprint density at radius 2 is 2.16 bits per heavy atom. The molecule has 0 saturated heterocycles. The quantitative estimate of drug-likeness (QED) is 0.881. The van der Waals surface area contributed by atoms with Gasteiger partial charge in [-0.25, -0.2) is 4.79 Å². The van der Waals surface area contributed by atoms with E-state index in [0.717, 1.165) is 0 Å². The summed E-state index contributed by atoms with van der Waals surface area (Å²) in [5, 5.41) is 8.94. The molecule has 98 valence electrons. The molecule has 1 aromatic carbocycles. The number of rotatable bonds is 4. The molecule has 0 fully saturated rings. The van der Waals surface area contributed by atoms with Crippen LogP contribution in [-0.2, 0) is 0 Å². The van der Waals surface area contributed by atoms with Crippen LogP contribution in [0.4, 0.5) is 0 Å². The molecule has 0 aliphatic rings. The van der Waals surface area contributed by atoms with Crippen molar-refractivity contribution < 1.29 is 14.6 Å². The van der Waals surface area contributed by atoms with Crippen LogP contribution in [0.3, 0.4) is 0 Å². The zero-order valence-electron chi connectivity index (χ0n) is 10.3. The number of nitrogens with one attached hydrogen (secondary N) is 1. The standard InChI is InChI=1S/C14H13NO4/c1-2-19-11-5-3-4-9(6-11)12-7-10(14(17)18)8-15-13(12)16/h3-8H,2H2,1H3,(H,15,16)(H,17,18). The number of ether oxygens (including phenoxy) is 1. The van der Waals surface area contributed by atoms with Gasteiger partial charge in [-0.2, -0.15) is 0 Å². The van der Waals surface area contributed by atoms with Crippen LogP contribution in [-0.4, -0.2) is 22.7 Å². The zero-order valence-corrected chi connectivity index (χ0v) is 10.3. The van der Waals surface area contributed by atoms with E-state index in [0.29, 0.717) is 23.5 Å². The van der Waals surface area contributed by atoms with E-state index in [-0.39, 0.29) is 11.1 Å². The van der Waals surface area contributed by atoms with E-state index < -0.39 is 5.97 Å². The molecule has 1 aromatic heterocycles. The van der Waals surface area contributed by atoms with Crippen LogP contribution in [0.25, 0.3) is 11.1 Å². The topological polar surface area (TPSA) is 79.4 Å². The first kappa shape index (κ1) is 12.9. The summed E-state index contributed by atoms with van der Waals surface area (Å²) < 4.78 is 5.36. The number of carboxylic acid groups (broad SMARTS) is 1. The van der Waals surface area contributed by atoms with Gasteiger partial charge in [0.2, 0.25) is 0 Å². The van der Waals surface area contributed by atoms with Crippen molar-refractivity contribution in [1.29, 1.82) is 0 Å². The van der Waals surface area contributed by atoms with Gasteiger partial charge in [-0.1, -0.05) is 12.1 Å².